The summed E-state index contributed by atoms with van der Waals surface area (Å²) in [6.45, 7) is 6.42. The molecular weight excluding hydrogens is 245 g/mol. The molecule has 4 heteroatoms. The van der Waals surface area contributed by atoms with E-state index in [4.69, 9.17) is 4.74 Å². The van der Waals surface area contributed by atoms with Gasteiger partial charge in [-0.15, -0.1) is 0 Å². The van der Waals surface area contributed by atoms with E-state index in [1.54, 1.807) is 0 Å². The number of carbonyl (C=O) groups excluding carboxylic acids is 1. The molecule has 0 fully saturated rings. The summed E-state index contributed by atoms with van der Waals surface area (Å²) >= 11 is 0. The van der Waals surface area contributed by atoms with Gasteiger partial charge in [-0.3, -0.25) is 4.79 Å². The molecule has 0 saturated heterocycles. The van der Waals surface area contributed by atoms with Crippen molar-refractivity contribution in [3.8, 4) is 0 Å². The maximum Gasteiger partial charge on any atom is 0.325 e. The second kappa shape index (κ2) is 4.83. The maximum atomic E-state index is 13.5. The van der Waals surface area contributed by atoms with Crippen molar-refractivity contribution in [3.05, 3.63) is 29.6 Å². The van der Waals surface area contributed by atoms with Crippen molar-refractivity contribution in [2.75, 3.05) is 18.6 Å². The third kappa shape index (κ3) is 2.57. The lowest BCUT2D eigenvalue weighted by atomic mass is 9.80. The molecule has 1 unspecified atom stereocenters. The number of hydrogen-bond acceptors (Lipinski definition) is 3. The molecule has 0 spiro atoms. The Morgan fingerprint density at radius 3 is 2.84 bits per heavy atom. The number of ether oxygens (including phenoxy) is 1. The van der Waals surface area contributed by atoms with Crippen LogP contribution in [0, 0.1) is 5.82 Å². The van der Waals surface area contributed by atoms with Crippen molar-refractivity contribution in [2.45, 2.75) is 38.6 Å². The van der Waals surface area contributed by atoms with Crippen LogP contribution in [-0.2, 0) is 9.53 Å². The number of hydrogen-bond donors (Lipinski definition) is 0. The van der Waals surface area contributed by atoms with Gasteiger partial charge in [0.1, 0.15) is 12.4 Å². The molecular formula is C15H20FNO2. The Kier molecular flexibility index (Phi) is 3.52. The highest BCUT2D eigenvalue weighted by atomic mass is 19.1. The molecule has 0 aliphatic carbocycles. The lowest BCUT2D eigenvalue weighted by Gasteiger charge is -2.46. The molecule has 0 aromatic heterocycles. The molecule has 0 N–H and O–H groups in total. The zero-order valence-electron chi connectivity index (χ0n) is 11.9. The molecule has 0 radical (unpaired) electrons. The molecule has 3 nitrogen and oxygen atoms in total. The highest BCUT2D eigenvalue weighted by molar-refractivity contribution is 5.77. The second-order valence-electron chi connectivity index (χ2n) is 5.78. The van der Waals surface area contributed by atoms with Crippen LogP contribution in [0.25, 0.3) is 0 Å². The Labute approximate surface area is 113 Å². The van der Waals surface area contributed by atoms with E-state index in [1.165, 1.54) is 19.2 Å². The van der Waals surface area contributed by atoms with E-state index in [-0.39, 0.29) is 23.9 Å². The number of anilines is 1. The third-order valence-corrected chi connectivity index (χ3v) is 3.87. The second-order valence-corrected chi connectivity index (χ2v) is 5.78. The Morgan fingerprint density at radius 1 is 1.53 bits per heavy atom. The molecule has 2 rings (SSSR count). The molecule has 1 aromatic carbocycles. The number of methoxy groups -OCH3 is 1. The predicted molar refractivity (Wildman–Crippen MR) is 72.9 cm³/mol. The van der Waals surface area contributed by atoms with Gasteiger partial charge in [-0.05, 0) is 43.9 Å². The highest BCUT2D eigenvalue weighted by Crippen LogP contribution is 2.43. The van der Waals surface area contributed by atoms with Gasteiger partial charge in [0, 0.05) is 11.2 Å². The van der Waals surface area contributed by atoms with Crippen molar-refractivity contribution in [2.24, 2.45) is 0 Å². The number of rotatable bonds is 2. The van der Waals surface area contributed by atoms with Crippen molar-refractivity contribution in [1.82, 2.24) is 0 Å². The molecule has 1 aliphatic heterocycles. The van der Waals surface area contributed by atoms with Gasteiger partial charge in [0.05, 0.1) is 7.11 Å². The maximum absolute atomic E-state index is 13.5. The largest absolute Gasteiger partial charge is 0.468 e. The fourth-order valence-electron chi connectivity index (χ4n) is 2.96. The topological polar surface area (TPSA) is 29.5 Å². The highest BCUT2D eigenvalue weighted by Gasteiger charge is 2.37. The summed E-state index contributed by atoms with van der Waals surface area (Å²) in [4.78, 5) is 13.5. The van der Waals surface area contributed by atoms with E-state index in [0.717, 1.165) is 17.7 Å². The monoisotopic (exact) mass is 265 g/mol. The van der Waals surface area contributed by atoms with E-state index in [2.05, 4.69) is 20.8 Å². The van der Waals surface area contributed by atoms with Gasteiger partial charge >= 0.3 is 5.97 Å². The van der Waals surface area contributed by atoms with E-state index >= 15 is 0 Å². The SMILES string of the molecule is COC(=O)CN1c2cc(F)ccc2C(C)CC1(C)C. The van der Waals surface area contributed by atoms with Crippen LogP contribution >= 0.6 is 0 Å². The zero-order chi connectivity index (χ0) is 14.2. The number of benzene rings is 1. The minimum absolute atomic E-state index is 0.146. The Morgan fingerprint density at radius 2 is 2.21 bits per heavy atom. The van der Waals surface area contributed by atoms with Gasteiger partial charge in [0.25, 0.3) is 0 Å². The average Bonchev–Trinajstić information content (AvgIpc) is 2.33. The molecule has 19 heavy (non-hydrogen) atoms. The first-order valence-electron chi connectivity index (χ1n) is 6.49. The Balaban J connectivity index is 2.47. The smallest absolute Gasteiger partial charge is 0.325 e. The first-order valence-corrected chi connectivity index (χ1v) is 6.49. The standard InChI is InChI=1S/C15H20FNO2/c1-10-8-15(2,3)17(9-14(18)19-4)13-7-11(16)5-6-12(10)13/h5-7,10H,8-9H2,1-4H3. The molecule has 1 aromatic rings. The van der Waals surface area contributed by atoms with Crippen LogP contribution < -0.4 is 4.90 Å². The minimum atomic E-state index is -0.308. The number of fused-ring (bicyclic) bond motifs is 1. The first kappa shape index (κ1) is 13.8. The number of carbonyl (C=O) groups is 1. The molecule has 0 amide bonds. The van der Waals surface area contributed by atoms with Crippen LogP contribution in [-0.4, -0.2) is 25.2 Å². The third-order valence-electron chi connectivity index (χ3n) is 3.87. The molecule has 0 bridgehead atoms. The minimum Gasteiger partial charge on any atom is -0.468 e. The van der Waals surface area contributed by atoms with Crippen molar-refractivity contribution >= 4 is 11.7 Å². The molecule has 1 aliphatic rings. The molecule has 1 heterocycles. The van der Waals surface area contributed by atoms with Crippen LogP contribution in [0.1, 0.15) is 38.7 Å². The van der Waals surface area contributed by atoms with Crippen molar-refractivity contribution in [3.63, 3.8) is 0 Å². The number of esters is 1. The van der Waals surface area contributed by atoms with E-state index in [9.17, 15) is 9.18 Å². The number of nitrogens with zero attached hydrogens (tertiary/aromatic N) is 1. The zero-order valence-corrected chi connectivity index (χ0v) is 11.9. The fraction of sp³-hybridized carbons (Fsp3) is 0.533. The Hall–Kier alpha value is -1.58. The van der Waals surface area contributed by atoms with E-state index < -0.39 is 0 Å². The summed E-state index contributed by atoms with van der Waals surface area (Å²) in [5.41, 5.74) is 1.69. The summed E-state index contributed by atoms with van der Waals surface area (Å²) in [5, 5.41) is 0. The Bertz CT molecular complexity index is 499. The summed E-state index contributed by atoms with van der Waals surface area (Å²) in [6.07, 6.45) is 0.919. The van der Waals surface area contributed by atoms with Crippen LogP contribution in [0.15, 0.2) is 18.2 Å². The van der Waals surface area contributed by atoms with Gasteiger partial charge in [-0.25, -0.2) is 4.39 Å². The van der Waals surface area contributed by atoms with E-state index in [1.807, 2.05) is 11.0 Å². The van der Waals surface area contributed by atoms with Gasteiger partial charge in [-0.2, -0.15) is 0 Å². The van der Waals surface area contributed by atoms with Gasteiger partial charge in [-0.1, -0.05) is 13.0 Å². The van der Waals surface area contributed by atoms with Crippen LogP contribution in [0.5, 0.6) is 0 Å². The molecule has 1 atom stereocenters. The quantitative estimate of drug-likeness (QED) is 0.770. The lowest BCUT2D eigenvalue weighted by Crippen LogP contribution is -2.50. The molecule has 0 saturated carbocycles. The van der Waals surface area contributed by atoms with Crippen LogP contribution in [0.3, 0.4) is 0 Å². The first-order chi connectivity index (χ1) is 8.85. The summed E-state index contributed by atoms with van der Waals surface area (Å²) in [5.74, 6) is -0.240. The summed E-state index contributed by atoms with van der Waals surface area (Å²) in [6, 6.07) is 4.80. The van der Waals surface area contributed by atoms with Crippen molar-refractivity contribution in [1.29, 1.82) is 0 Å². The average molecular weight is 265 g/mol. The van der Waals surface area contributed by atoms with Crippen LogP contribution in [0.4, 0.5) is 10.1 Å². The fourth-order valence-corrected chi connectivity index (χ4v) is 2.96. The summed E-state index contributed by atoms with van der Waals surface area (Å²) in [7, 11) is 1.37. The predicted octanol–water partition coefficient (Wildman–Crippen LogP) is 3.09. The van der Waals surface area contributed by atoms with Gasteiger partial charge in [0.2, 0.25) is 0 Å². The van der Waals surface area contributed by atoms with Gasteiger partial charge in [0.15, 0.2) is 0 Å². The number of halogens is 1. The van der Waals surface area contributed by atoms with E-state index in [0.29, 0.717) is 5.92 Å². The van der Waals surface area contributed by atoms with Gasteiger partial charge < -0.3 is 9.64 Å². The normalized spacial score (nSPS) is 20.9. The van der Waals surface area contributed by atoms with Crippen molar-refractivity contribution < 1.29 is 13.9 Å². The van der Waals surface area contributed by atoms with Crippen LogP contribution in [0.2, 0.25) is 0 Å². The lowest BCUT2D eigenvalue weighted by molar-refractivity contribution is -0.139. The molecule has 104 valence electrons. The summed E-state index contributed by atoms with van der Waals surface area (Å²) < 4.78 is 18.3.